The summed E-state index contributed by atoms with van der Waals surface area (Å²) in [5.74, 6) is 0. The normalized spacial score (nSPS) is 15.7. The van der Waals surface area contributed by atoms with Crippen LogP contribution in [0.5, 0.6) is 0 Å². The van der Waals surface area contributed by atoms with Crippen LogP contribution >= 0.6 is 0 Å². The van der Waals surface area contributed by atoms with E-state index in [9.17, 15) is 0 Å². The van der Waals surface area contributed by atoms with E-state index in [1.54, 1.807) is 6.08 Å². The molecule has 12 heavy (non-hydrogen) atoms. The van der Waals surface area contributed by atoms with Crippen LogP contribution in [0.1, 0.15) is 6.92 Å². The molecule has 0 rings (SSSR count). The molecule has 0 aromatic rings. The van der Waals surface area contributed by atoms with E-state index in [-0.39, 0.29) is 0 Å². The van der Waals surface area contributed by atoms with E-state index in [1.807, 2.05) is 12.2 Å². The molecule has 0 saturated carbocycles. The van der Waals surface area contributed by atoms with Gasteiger partial charge in [-0.2, -0.15) is 0 Å². The lowest BCUT2D eigenvalue weighted by atomic mass is 10.4. The van der Waals surface area contributed by atoms with E-state index in [0.717, 1.165) is 0 Å². The molecule has 0 spiro atoms. The molecular formula is C10H19NSi. The number of rotatable bonds is 4. The van der Waals surface area contributed by atoms with Crippen molar-refractivity contribution in [1.82, 2.24) is 0 Å². The minimum atomic E-state index is -0.999. The topological polar surface area (TPSA) is 23.9 Å². The highest BCUT2D eigenvalue weighted by Gasteiger charge is 2.18. The summed E-state index contributed by atoms with van der Waals surface area (Å²) in [5, 5.41) is 6.77. The molecule has 0 saturated heterocycles. The van der Waals surface area contributed by atoms with Crippen molar-refractivity contribution in [2.24, 2.45) is 0 Å². The van der Waals surface area contributed by atoms with Gasteiger partial charge in [-0.05, 0) is 11.6 Å². The summed E-state index contributed by atoms with van der Waals surface area (Å²) >= 11 is 0. The quantitative estimate of drug-likeness (QED) is 0.390. The molecule has 0 bridgehead atoms. The molecule has 0 amide bonds. The standard InChI is InChI=1S/C10H19NSi/c1-10(12(2,3)4)8-6-5-7-9-11/h5-11H,1-4H3/b7-5-,8-6+,11-9?/t10-/m1/s1. The number of nitrogens with one attached hydrogen (secondary N) is 1. The zero-order chi connectivity index (χ0) is 9.61. The highest BCUT2D eigenvalue weighted by atomic mass is 28.3. The molecule has 68 valence electrons. The molecule has 0 fully saturated rings. The van der Waals surface area contributed by atoms with Gasteiger partial charge >= 0.3 is 0 Å². The van der Waals surface area contributed by atoms with Crippen molar-refractivity contribution in [3.8, 4) is 0 Å². The molecular weight excluding hydrogens is 162 g/mol. The van der Waals surface area contributed by atoms with Crippen LogP contribution in [0.4, 0.5) is 0 Å². The van der Waals surface area contributed by atoms with Gasteiger partial charge in [0.1, 0.15) is 0 Å². The van der Waals surface area contributed by atoms with E-state index >= 15 is 0 Å². The Morgan fingerprint density at radius 3 is 2.08 bits per heavy atom. The molecule has 2 heteroatoms. The molecule has 0 radical (unpaired) electrons. The summed E-state index contributed by atoms with van der Waals surface area (Å²) in [6.45, 7) is 9.36. The van der Waals surface area contributed by atoms with Crippen LogP contribution in [0.15, 0.2) is 24.3 Å². The highest BCUT2D eigenvalue weighted by Crippen LogP contribution is 2.21. The van der Waals surface area contributed by atoms with E-state index in [4.69, 9.17) is 5.41 Å². The molecule has 0 unspecified atom stereocenters. The third-order valence-electron chi connectivity index (χ3n) is 2.08. The van der Waals surface area contributed by atoms with Crippen molar-refractivity contribution in [3.63, 3.8) is 0 Å². The van der Waals surface area contributed by atoms with Crippen molar-refractivity contribution in [2.45, 2.75) is 32.1 Å². The van der Waals surface area contributed by atoms with Crippen molar-refractivity contribution in [3.05, 3.63) is 24.3 Å². The monoisotopic (exact) mass is 181 g/mol. The predicted molar refractivity (Wildman–Crippen MR) is 59.8 cm³/mol. The van der Waals surface area contributed by atoms with Gasteiger partial charge in [-0.1, -0.05) is 44.8 Å². The summed E-state index contributed by atoms with van der Waals surface area (Å²) in [4.78, 5) is 0. The van der Waals surface area contributed by atoms with Crippen molar-refractivity contribution >= 4 is 14.3 Å². The van der Waals surface area contributed by atoms with Gasteiger partial charge in [-0.15, -0.1) is 0 Å². The van der Waals surface area contributed by atoms with Crippen LogP contribution < -0.4 is 0 Å². The second-order valence-electron chi connectivity index (χ2n) is 4.09. The smallest absolute Gasteiger partial charge is 0.0510 e. The maximum atomic E-state index is 6.77. The summed E-state index contributed by atoms with van der Waals surface area (Å²) in [6.07, 6.45) is 9.20. The maximum absolute atomic E-state index is 6.77. The van der Waals surface area contributed by atoms with Gasteiger partial charge in [0.2, 0.25) is 0 Å². The first-order valence-corrected chi connectivity index (χ1v) is 7.90. The molecule has 0 aromatic carbocycles. The van der Waals surface area contributed by atoms with Gasteiger partial charge in [0.05, 0.1) is 8.07 Å². The van der Waals surface area contributed by atoms with Gasteiger partial charge in [-0.25, -0.2) is 0 Å². The van der Waals surface area contributed by atoms with Crippen LogP contribution in [0, 0.1) is 5.41 Å². The summed E-state index contributed by atoms with van der Waals surface area (Å²) in [6, 6.07) is 0. The lowest BCUT2D eigenvalue weighted by Crippen LogP contribution is -2.24. The fourth-order valence-corrected chi connectivity index (χ4v) is 1.33. The lowest BCUT2D eigenvalue weighted by Gasteiger charge is -2.21. The van der Waals surface area contributed by atoms with Gasteiger partial charge in [0.15, 0.2) is 0 Å². The molecule has 1 N–H and O–H groups in total. The summed E-state index contributed by atoms with van der Waals surface area (Å²) in [7, 11) is -0.999. The average Bonchev–Trinajstić information content (AvgIpc) is 1.96. The van der Waals surface area contributed by atoms with Crippen molar-refractivity contribution in [1.29, 1.82) is 5.41 Å². The third-order valence-corrected chi connectivity index (χ3v) is 5.01. The highest BCUT2D eigenvalue weighted by molar-refractivity contribution is 6.77. The molecule has 1 atom stereocenters. The van der Waals surface area contributed by atoms with Gasteiger partial charge in [0.25, 0.3) is 0 Å². The van der Waals surface area contributed by atoms with Crippen molar-refractivity contribution < 1.29 is 0 Å². The van der Waals surface area contributed by atoms with Gasteiger partial charge in [0, 0.05) is 6.21 Å². The number of hydrogen-bond donors (Lipinski definition) is 1. The van der Waals surface area contributed by atoms with Crippen LogP contribution in [0.2, 0.25) is 25.2 Å². The predicted octanol–water partition coefficient (Wildman–Crippen LogP) is 3.48. The summed E-state index contributed by atoms with van der Waals surface area (Å²) < 4.78 is 0. The number of allylic oxidation sites excluding steroid dienone is 4. The first-order valence-electron chi connectivity index (χ1n) is 4.32. The Balaban J connectivity index is 4.00. The second-order valence-corrected chi connectivity index (χ2v) is 9.73. The average molecular weight is 181 g/mol. The zero-order valence-electron chi connectivity index (χ0n) is 8.46. The molecule has 1 nitrogen and oxygen atoms in total. The minimum Gasteiger partial charge on any atom is -0.309 e. The van der Waals surface area contributed by atoms with Crippen LogP contribution in [0.3, 0.4) is 0 Å². The first-order chi connectivity index (χ1) is 5.48. The Morgan fingerprint density at radius 2 is 1.67 bits per heavy atom. The Morgan fingerprint density at radius 1 is 1.08 bits per heavy atom. The Hall–Kier alpha value is -0.633. The molecule has 0 aliphatic heterocycles. The Bertz CT molecular complexity index is 187. The second kappa shape index (κ2) is 5.09. The van der Waals surface area contributed by atoms with E-state index < -0.39 is 8.07 Å². The first kappa shape index (κ1) is 11.4. The fourth-order valence-electron chi connectivity index (χ4n) is 0.639. The van der Waals surface area contributed by atoms with E-state index in [1.165, 1.54) is 6.21 Å². The van der Waals surface area contributed by atoms with Gasteiger partial charge in [-0.3, -0.25) is 0 Å². The Labute approximate surface area is 76.7 Å². The molecule has 0 heterocycles. The maximum Gasteiger partial charge on any atom is 0.0510 e. The van der Waals surface area contributed by atoms with Crippen LogP contribution in [-0.4, -0.2) is 14.3 Å². The molecule has 0 aliphatic rings. The number of hydrogen-bond acceptors (Lipinski definition) is 1. The Kier molecular flexibility index (Phi) is 4.82. The van der Waals surface area contributed by atoms with Crippen LogP contribution in [0.25, 0.3) is 0 Å². The zero-order valence-corrected chi connectivity index (χ0v) is 9.46. The van der Waals surface area contributed by atoms with Gasteiger partial charge < -0.3 is 5.41 Å². The minimum absolute atomic E-state index is 0.702. The van der Waals surface area contributed by atoms with E-state index in [0.29, 0.717) is 5.54 Å². The fraction of sp³-hybridized carbons (Fsp3) is 0.500. The largest absolute Gasteiger partial charge is 0.309 e. The van der Waals surface area contributed by atoms with E-state index in [2.05, 4.69) is 32.6 Å². The SMILES string of the molecule is C[C@H](/C=C/C=C\C=N)[Si](C)(C)C. The third kappa shape index (κ3) is 5.08. The lowest BCUT2D eigenvalue weighted by molar-refractivity contribution is 1.13. The summed E-state index contributed by atoms with van der Waals surface area (Å²) in [5.41, 5.74) is 0.702. The van der Waals surface area contributed by atoms with Crippen molar-refractivity contribution in [2.75, 3.05) is 0 Å². The molecule has 0 aliphatic carbocycles. The molecule has 0 aromatic heterocycles. The van der Waals surface area contributed by atoms with Crippen LogP contribution in [-0.2, 0) is 0 Å².